The van der Waals surface area contributed by atoms with E-state index in [-0.39, 0.29) is 44.8 Å². The van der Waals surface area contributed by atoms with E-state index < -0.39 is 15.8 Å². The van der Waals surface area contributed by atoms with Crippen LogP contribution >= 0.6 is 15.8 Å². The van der Waals surface area contributed by atoms with Crippen LogP contribution in [0.3, 0.4) is 0 Å². The van der Waals surface area contributed by atoms with Gasteiger partial charge in [0.25, 0.3) is 0 Å². The third kappa shape index (κ3) is 10.9. The number of hydrogen-bond acceptors (Lipinski definition) is 0. The van der Waals surface area contributed by atoms with Crippen molar-refractivity contribution < 1.29 is 44.8 Å². The van der Waals surface area contributed by atoms with Crippen molar-refractivity contribution >= 4 is 91.3 Å². The molecule has 76 heavy (non-hydrogen) atoms. The van der Waals surface area contributed by atoms with Crippen molar-refractivity contribution in [2.24, 2.45) is 0 Å². The summed E-state index contributed by atoms with van der Waals surface area (Å²) >= 11 is 0. The zero-order valence-corrected chi connectivity index (χ0v) is 47.5. The maximum Gasteiger partial charge on any atom is 1.00 e. The van der Waals surface area contributed by atoms with Crippen LogP contribution in [0.15, 0.2) is 291 Å². The summed E-state index contributed by atoms with van der Waals surface area (Å²) < 4.78 is 4.42. The second-order valence-corrected chi connectivity index (χ2v) is 22.7. The molecule has 0 amide bonds. The molecule has 13 aromatic rings. The van der Waals surface area contributed by atoms with Gasteiger partial charge in [-0.3, -0.25) is 11.8 Å². The molecule has 0 N–H and O–H groups in total. The third-order valence-corrected chi connectivity index (χ3v) is 19.2. The minimum absolute atomic E-state index is 0. The molecule has 0 saturated heterocycles. The average molecular weight is 1380 g/mol. The Labute approximate surface area is 479 Å². The molecule has 370 valence electrons. The van der Waals surface area contributed by atoms with Crippen LogP contribution in [0, 0.1) is 24.7 Å². The van der Waals surface area contributed by atoms with Gasteiger partial charge in [-0.2, -0.15) is 0 Å². The largest absolute Gasteiger partial charge is 1.00 e. The van der Waals surface area contributed by atoms with Gasteiger partial charge in [0.2, 0.25) is 0 Å². The first-order chi connectivity index (χ1) is 36.7. The number of benzene rings is 11. The van der Waals surface area contributed by atoms with Crippen molar-refractivity contribution in [1.29, 1.82) is 0 Å². The maximum absolute atomic E-state index is 7.60. The first-order valence-corrected chi connectivity index (χ1v) is 27.8. The molecule has 0 aliphatic carbocycles. The Balaban J connectivity index is 0.000000142. The molecule has 0 aliphatic rings. The first kappa shape index (κ1) is 53.3. The Hall–Kier alpha value is -7.52. The molecule has 0 spiro atoms. The van der Waals surface area contributed by atoms with Crippen molar-refractivity contribution in [2.45, 2.75) is 0 Å². The zero-order valence-electron chi connectivity index (χ0n) is 41.2. The molecule has 0 radical (unpaired) electrons. The molecular formula is C70H50Au2N2P2+2. The van der Waals surface area contributed by atoms with E-state index in [4.69, 9.17) is 12.8 Å². The first-order valence-electron chi connectivity index (χ1n) is 24.8. The number of hydrogen-bond donors (Lipinski definition) is 0. The Morgan fingerprint density at radius 2 is 0.526 bits per heavy atom. The second kappa shape index (κ2) is 25.3. The van der Waals surface area contributed by atoms with Crippen LogP contribution < -0.4 is 31.8 Å². The molecule has 2 nitrogen and oxygen atoms in total. The summed E-state index contributed by atoms with van der Waals surface area (Å²) in [5.74, 6) is 5.14. The van der Waals surface area contributed by atoms with Crippen molar-refractivity contribution in [3.63, 3.8) is 0 Å². The summed E-state index contributed by atoms with van der Waals surface area (Å²) in [5.41, 5.74) is 8.22. The Kier molecular flexibility index (Phi) is 17.8. The molecule has 0 aliphatic heterocycles. The topological polar surface area (TPSA) is 9.86 Å². The van der Waals surface area contributed by atoms with Crippen LogP contribution in [0.4, 0.5) is 0 Å². The van der Waals surface area contributed by atoms with Crippen molar-refractivity contribution in [2.75, 3.05) is 0 Å². The quantitative estimate of drug-likeness (QED) is 0.0621. The van der Waals surface area contributed by atoms with Crippen LogP contribution in [-0.2, 0) is 44.8 Å². The van der Waals surface area contributed by atoms with Gasteiger partial charge in [-0.15, -0.1) is 23.3 Å². The average Bonchev–Trinajstić information content (AvgIpc) is 4.09. The van der Waals surface area contributed by atoms with Crippen LogP contribution in [0.5, 0.6) is 0 Å². The van der Waals surface area contributed by atoms with E-state index >= 15 is 0 Å². The van der Waals surface area contributed by atoms with Crippen LogP contribution in [0.1, 0.15) is 11.1 Å². The molecule has 2 aromatic heterocycles. The van der Waals surface area contributed by atoms with Crippen LogP contribution in [-0.4, -0.2) is 9.13 Å². The molecule has 0 unspecified atom stereocenters. The number of aromatic nitrogens is 2. The number of rotatable bonds is 8. The molecule has 0 fully saturated rings. The Morgan fingerprint density at radius 1 is 0.263 bits per heavy atom. The van der Waals surface area contributed by atoms with Crippen molar-refractivity contribution in [3.05, 3.63) is 315 Å². The van der Waals surface area contributed by atoms with Gasteiger partial charge in [-0.05, 0) is 119 Å². The summed E-state index contributed by atoms with van der Waals surface area (Å²) in [6, 6.07) is 103. The monoisotopic (exact) mass is 1370 g/mol. The van der Waals surface area contributed by atoms with Gasteiger partial charge in [0, 0.05) is 22.1 Å². The summed E-state index contributed by atoms with van der Waals surface area (Å²) in [6.07, 6.45) is 15.2. The van der Waals surface area contributed by atoms with E-state index in [1.807, 2.05) is 60.7 Å². The Bertz CT molecular complexity index is 3740. The summed E-state index contributed by atoms with van der Waals surface area (Å²) in [4.78, 5) is 0. The van der Waals surface area contributed by atoms with E-state index in [9.17, 15) is 0 Å². The second-order valence-electron chi connectivity index (χ2n) is 17.8. The van der Waals surface area contributed by atoms with Gasteiger partial charge < -0.3 is 22.0 Å². The predicted molar refractivity (Wildman–Crippen MR) is 321 cm³/mol. The number of nitrogens with zero attached hydrogens (tertiary/aromatic N) is 2. The normalized spacial score (nSPS) is 10.6. The van der Waals surface area contributed by atoms with Gasteiger partial charge in [0.1, 0.15) is 47.7 Å². The van der Waals surface area contributed by atoms with E-state index in [2.05, 4.69) is 251 Å². The number of fused-ring (bicyclic) bond motifs is 6. The van der Waals surface area contributed by atoms with Gasteiger partial charge in [0.15, 0.2) is 0 Å². The van der Waals surface area contributed by atoms with Crippen molar-refractivity contribution in [1.82, 2.24) is 9.13 Å². The minimum Gasteiger partial charge on any atom is -0.366 e. The minimum atomic E-state index is -1.14. The van der Waals surface area contributed by atoms with Crippen LogP contribution in [0.25, 0.3) is 55.0 Å². The molecule has 0 bridgehead atoms. The zero-order chi connectivity index (χ0) is 50.1. The third-order valence-electron chi connectivity index (χ3n) is 13.4. The predicted octanol–water partition coefficient (Wildman–Crippen LogP) is 14.1. The molecule has 0 atom stereocenters. The molecule has 13 rings (SSSR count). The van der Waals surface area contributed by atoms with E-state index in [0.29, 0.717) is 0 Å². The fourth-order valence-corrected chi connectivity index (χ4v) is 16.2. The maximum atomic E-state index is 7.60. The summed E-state index contributed by atoms with van der Waals surface area (Å²) in [5, 5.41) is 13.4. The molecule has 0 saturated carbocycles. The van der Waals surface area contributed by atoms with E-state index in [1.54, 1.807) is 0 Å². The molecule has 11 aromatic carbocycles. The van der Waals surface area contributed by atoms with Gasteiger partial charge >= 0.3 is 44.8 Å². The van der Waals surface area contributed by atoms with Gasteiger partial charge in [-0.25, -0.2) is 0 Å². The molecule has 2 heterocycles. The van der Waals surface area contributed by atoms with E-state index in [0.717, 1.165) is 55.3 Å². The molecule has 6 heteroatoms. The van der Waals surface area contributed by atoms with Crippen LogP contribution in [0.2, 0.25) is 0 Å². The Morgan fingerprint density at radius 3 is 0.842 bits per heavy atom. The summed E-state index contributed by atoms with van der Waals surface area (Å²) in [7, 11) is -2.28. The van der Waals surface area contributed by atoms with Crippen molar-refractivity contribution in [3.8, 4) is 23.2 Å². The number of para-hydroxylation sites is 6. The summed E-state index contributed by atoms with van der Waals surface area (Å²) in [6.45, 7) is 0. The fraction of sp³-hybridized carbons (Fsp3) is 0. The van der Waals surface area contributed by atoms with Gasteiger partial charge in [-0.1, -0.05) is 182 Å². The van der Waals surface area contributed by atoms with Gasteiger partial charge in [0.05, 0.1) is 11.0 Å². The molecular weight excluding hydrogens is 1320 g/mol. The van der Waals surface area contributed by atoms with E-state index in [1.165, 1.54) is 42.6 Å². The SMILES string of the molecule is [Au+].[Au+].[C-]#Cc1cccc2c3ccccc3n(-c3ccccc3)c12.[C-]#Cc1cccc2c3ccccc3n(-c3ccccc3)c12.c1ccc([PH+](c2ccccc2)c2ccccc2[PH+](c2ccccc2)c2ccccc2)cc1. The smallest absolute Gasteiger partial charge is 0.366 e. The standard InChI is InChI=1S/C30H24P2.2C20H12N.2Au/c1-5-15-25(16-6-1)31(26-17-7-2-8-18-26)29-23-13-14-24-30(29)32(27-19-9-3-10-20-27)28-21-11-4-12-22-28;2*1-2-15-9-8-13-18-17-12-6-7-14-19(17)21(20(15)18)16-10-4-3-5-11-16;;/h1-24H;2*3-14H;;/q;2*-1;2*+1/p+2. The fourth-order valence-electron chi connectivity index (χ4n) is 10.2.